The van der Waals surface area contributed by atoms with Crippen molar-refractivity contribution in [3.63, 3.8) is 0 Å². The summed E-state index contributed by atoms with van der Waals surface area (Å²) < 4.78 is 14.0. The van der Waals surface area contributed by atoms with E-state index in [1.165, 1.54) is 0 Å². The van der Waals surface area contributed by atoms with Crippen molar-refractivity contribution < 1.29 is 19.1 Å². The fraction of sp³-hybridized carbons (Fsp3) is 0.481. The van der Waals surface area contributed by atoms with Crippen LogP contribution in [0.2, 0.25) is 0 Å². The van der Waals surface area contributed by atoms with Crippen LogP contribution in [0.1, 0.15) is 55.9 Å². The maximum Gasteiger partial charge on any atom is 0.252 e. The Morgan fingerprint density at radius 2 is 2.03 bits per heavy atom. The Kier molecular flexibility index (Phi) is 6.76. The van der Waals surface area contributed by atoms with E-state index in [2.05, 4.69) is 34.4 Å². The van der Waals surface area contributed by atoms with Crippen molar-refractivity contribution in [3.8, 4) is 22.8 Å². The van der Waals surface area contributed by atoms with Gasteiger partial charge < -0.3 is 25.4 Å². The van der Waals surface area contributed by atoms with Gasteiger partial charge in [-0.3, -0.25) is 14.3 Å². The Bertz CT molecular complexity index is 1330. The van der Waals surface area contributed by atoms with Crippen molar-refractivity contribution in [2.75, 3.05) is 20.7 Å². The van der Waals surface area contributed by atoms with Crippen molar-refractivity contribution in [1.29, 1.82) is 0 Å². The van der Waals surface area contributed by atoms with Crippen molar-refractivity contribution in [3.05, 3.63) is 36.3 Å². The number of nitrogens with zero attached hydrogens (tertiary/aromatic N) is 4. The van der Waals surface area contributed by atoms with Crippen LogP contribution >= 0.6 is 0 Å². The second-order valence-electron chi connectivity index (χ2n) is 10.5. The third-order valence-electron chi connectivity index (χ3n) is 7.19. The Morgan fingerprint density at radius 3 is 2.68 bits per heavy atom. The number of benzene rings is 1. The van der Waals surface area contributed by atoms with Gasteiger partial charge in [-0.05, 0) is 64.7 Å². The van der Waals surface area contributed by atoms with Crippen LogP contribution in [0.4, 0.5) is 0 Å². The molecule has 3 aromatic rings. The monoisotopic (exact) mass is 506 g/mol. The van der Waals surface area contributed by atoms with Gasteiger partial charge in [0.25, 0.3) is 5.91 Å². The van der Waals surface area contributed by atoms with E-state index < -0.39 is 5.91 Å². The van der Waals surface area contributed by atoms with Crippen LogP contribution in [0, 0.1) is 0 Å². The van der Waals surface area contributed by atoms with E-state index in [4.69, 9.17) is 15.2 Å². The van der Waals surface area contributed by atoms with Gasteiger partial charge in [0.2, 0.25) is 11.8 Å². The molecule has 3 N–H and O–H groups in total. The first kappa shape index (κ1) is 25.0. The zero-order valence-electron chi connectivity index (χ0n) is 21.7. The molecule has 1 aliphatic heterocycles. The number of fused-ring (bicyclic) bond motifs is 1. The quantitative estimate of drug-likeness (QED) is 0.457. The summed E-state index contributed by atoms with van der Waals surface area (Å²) in [5.41, 5.74) is 7.76. The van der Waals surface area contributed by atoms with Crippen molar-refractivity contribution in [2.24, 2.45) is 5.73 Å². The summed E-state index contributed by atoms with van der Waals surface area (Å²) in [6.45, 7) is 4.08. The largest absolute Gasteiger partial charge is 0.490 e. The minimum atomic E-state index is -0.573. The lowest BCUT2D eigenvalue weighted by Gasteiger charge is -2.39. The number of pyridine rings is 1. The van der Waals surface area contributed by atoms with Gasteiger partial charge in [0.05, 0.1) is 29.9 Å². The molecule has 1 aliphatic carbocycles. The number of nitrogens with one attached hydrogen (secondary N) is 1. The highest BCUT2D eigenvalue weighted by atomic mass is 16.5. The smallest absolute Gasteiger partial charge is 0.252 e. The van der Waals surface area contributed by atoms with Crippen LogP contribution < -0.4 is 20.5 Å². The molecule has 1 aromatic carbocycles. The lowest BCUT2D eigenvalue weighted by atomic mass is 9.86. The summed E-state index contributed by atoms with van der Waals surface area (Å²) in [6.07, 6.45) is 8.77. The molecule has 1 unspecified atom stereocenters. The highest BCUT2D eigenvalue weighted by Gasteiger charge is 2.32. The van der Waals surface area contributed by atoms with Crippen molar-refractivity contribution in [1.82, 2.24) is 25.0 Å². The highest BCUT2D eigenvalue weighted by molar-refractivity contribution is 6.06. The predicted octanol–water partition coefficient (Wildman–Crippen LogP) is 2.91. The average molecular weight is 507 g/mol. The first-order valence-corrected chi connectivity index (χ1v) is 12.8. The maximum absolute atomic E-state index is 12.4. The van der Waals surface area contributed by atoms with Gasteiger partial charge in [0.1, 0.15) is 12.4 Å². The first-order valence-electron chi connectivity index (χ1n) is 12.8. The van der Waals surface area contributed by atoms with Gasteiger partial charge in [0, 0.05) is 41.4 Å². The number of carbonyl (C=O) groups excluding carboxylic acids is 2. The van der Waals surface area contributed by atoms with Gasteiger partial charge >= 0.3 is 0 Å². The fourth-order valence-electron chi connectivity index (χ4n) is 4.99. The van der Waals surface area contributed by atoms with E-state index in [1.807, 2.05) is 30.9 Å². The Balaban J connectivity index is 1.53. The number of aromatic nitrogens is 3. The standard InChI is InChI=1S/C27H34N6O4/c1-15(2)37-24-10-21-20(9-22(24)26(28)35)23(12-29-27(21)36-14-17-5-6-25(34)31-17)16-11-30-33(13-16)19-7-18(8-19)32(3)4/h9-13,15,17-19H,5-8,14H2,1-4H3,(H2,28,35)(H,31,34). The molecule has 37 heavy (non-hydrogen) atoms. The molecule has 5 rings (SSSR count). The van der Waals surface area contributed by atoms with Crippen LogP contribution in [0.25, 0.3) is 21.9 Å². The third kappa shape index (κ3) is 5.11. The molecule has 2 fully saturated rings. The topological polar surface area (TPSA) is 125 Å². The Hall–Kier alpha value is -3.66. The van der Waals surface area contributed by atoms with Crippen LogP contribution in [0.5, 0.6) is 11.6 Å². The lowest BCUT2D eigenvalue weighted by Crippen LogP contribution is -2.41. The van der Waals surface area contributed by atoms with Gasteiger partial charge in [-0.1, -0.05) is 0 Å². The van der Waals surface area contributed by atoms with E-state index in [9.17, 15) is 9.59 Å². The number of hydrogen-bond donors (Lipinski definition) is 2. The van der Waals surface area contributed by atoms with Crippen molar-refractivity contribution in [2.45, 2.75) is 63.8 Å². The molecular formula is C27H34N6O4. The Morgan fingerprint density at radius 1 is 1.24 bits per heavy atom. The molecule has 1 atom stereocenters. The molecule has 3 heterocycles. The van der Waals surface area contributed by atoms with E-state index in [0.29, 0.717) is 47.7 Å². The van der Waals surface area contributed by atoms with Crippen LogP contribution in [-0.2, 0) is 4.79 Å². The highest BCUT2D eigenvalue weighted by Crippen LogP contribution is 2.39. The summed E-state index contributed by atoms with van der Waals surface area (Å²) >= 11 is 0. The Labute approximate surface area is 216 Å². The van der Waals surface area contributed by atoms with Crippen LogP contribution in [0.3, 0.4) is 0 Å². The molecule has 10 nitrogen and oxygen atoms in total. The fourth-order valence-corrected chi connectivity index (χ4v) is 4.99. The first-order chi connectivity index (χ1) is 17.7. The summed E-state index contributed by atoms with van der Waals surface area (Å²) in [4.78, 5) is 30.8. The SMILES string of the molecule is CC(C)Oc1cc2c(OCC3CCC(=O)N3)ncc(-c3cnn(C4CC(N(C)C)C4)c3)c2cc1C(N)=O. The zero-order chi connectivity index (χ0) is 26.3. The number of hydrogen-bond acceptors (Lipinski definition) is 7. The molecule has 2 aliphatic rings. The van der Waals surface area contributed by atoms with Crippen molar-refractivity contribution >= 4 is 22.6 Å². The normalized spacial score (nSPS) is 21.4. The maximum atomic E-state index is 12.4. The molecular weight excluding hydrogens is 472 g/mol. The molecule has 1 saturated carbocycles. The molecule has 0 radical (unpaired) electrons. The van der Waals surface area contributed by atoms with Gasteiger partial charge in [-0.2, -0.15) is 5.10 Å². The summed E-state index contributed by atoms with van der Waals surface area (Å²) in [7, 11) is 4.20. The van der Waals surface area contributed by atoms with E-state index in [1.54, 1.807) is 18.3 Å². The number of rotatable bonds is 9. The second-order valence-corrected chi connectivity index (χ2v) is 10.5. The molecule has 2 aromatic heterocycles. The second kappa shape index (κ2) is 10.0. The number of carbonyl (C=O) groups is 2. The van der Waals surface area contributed by atoms with Crippen LogP contribution in [-0.4, -0.2) is 70.4 Å². The predicted molar refractivity (Wildman–Crippen MR) is 140 cm³/mol. The molecule has 2 amide bonds. The van der Waals surface area contributed by atoms with E-state index in [-0.39, 0.29) is 18.1 Å². The summed E-state index contributed by atoms with van der Waals surface area (Å²) in [5, 5.41) is 9.01. The number of amides is 2. The van der Waals surface area contributed by atoms with E-state index in [0.717, 1.165) is 35.8 Å². The minimum Gasteiger partial charge on any atom is -0.490 e. The molecule has 10 heteroatoms. The molecule has 0 spiro atoms. The lowest BCUT2D eigenvalue weighted by molar-refractivity contribution is -0.119. The molecule has 1 saturated heterocycles. The van der Waals surface area contributed by atoms with Gasteiger partial charge in [-0.25, -0.2) is 4.98 Å². The number of primary amides is 1. The number of nitrogens with two attached hydrogens (primary N) is 1. The summed E-state index contributed by atoms with van der Waals surface area (Å²) in [6, 6.07) is 4.38. The minimum absolute atomic E-state index is 0.0286. The van der Waals surface area contributed by atoms with Gasteiger partial charge in [-0.15, -0.1) is 0 Å². The molecule has 196 valence electrons. The van der Waals surface area contributed by atoms with E-state index >= 15 is 0 Å². The van der Waals surface area contributed by atoms with Crippen LogP contribution in [0.15, 0.2) is 30.7 Å². The van der Waals surface area contributed by atoms with Gasteiger partial charge in [0.15, 0.2) is 0 Å². The third-order valence-corrected chi connectivity index (χ3v) is 7.19. The zero-order valence-corrected chi connectivity index (χ0v) is 21.7. The average Bonchev–Trinajstić information content (AvgIpc) is 3.44. The number of ether oxygens (including phenoxy) is 2. The molecule has 0 bridgehead atoms. The summed E-state index contributed by atoms with van der Waals surface area (Å²) in [5.74, 6) is 0.245.